The minimum atomic E-state index is -0.180. The van der Waals surface area contributed by atoms with E-state index < -0.39 is 0 Å². The maximum atomic E-state index is 13.3. The maximum absolute atomic E-state index is 13.3. The van der Waals surface area contributed by atoms with Crippen molar-refractivity contribution in [1.82, 2.24) is 20.1 Å². The molecule has 2 aromatic carbocycles. The van der Waals surface area contributed by atoms with Gasteiger partial charge in [-0.2, -0.15) is 5.10 Å². The number of oxazole rings is 1. The lowest BCUT2D eigenvalue weighted by Crippen LogP contribution is -2.39. The zero-order valence-electron chi connectivity index (χ0n) is 16.3. The summed E-state index contributed by atoms with van der Waals surface area (Å²) in [6.45, 7) is 0.666. The van der Waals surface area contributed by atoms with Crippen LogP contribution in [0.4, 0.5) is 0 Å². The number of aromatic nitrogens is 3. The van der Waals surface area contributed by atoms with E-state index in [0.717, 1.165) is 41.5 Å². The van der Waals surface area contributed by atoms with Crippen LogP contribution in [0.25, 0.3) is 10.9 Å². The molecule has 1 aliphatic rings. The van der Waals surface area contributed by atoms with Gasteiger partial charge in [-0.05, 0) is 43.0 Å². The molecule has 30 heavy (non-hydrogen) atoms. The van der Waals surface area contributed by atoms with Crippen LogP contribution in [-0.2, 0) is 6.42 Å². The highest BCUT2D eigenvalue weighted by Gasteiger charge is 2.33. The topological polar surface area (TPSA) is 75.0 Å². The summed E-state index contributed by atoms with van der Waals surface area (Å²) in [6.07, 6.45) is 5.21. The first-order valence-electron chi connectivity index (χ1n) is 10.1. The van der Waals surface area contributed by atoms with Gasteiger partial charge in [0, 0.05) is 23.4 Å². The van der Waals surface area contributed by atoms with Crippen molar-refractivity contribution in [2.75, 3.05) is 6.54 Å². The van der Waals surface area contributed by atoms with Crippen LogP contribution in [0.2, 0.25) is 5.02 Å². The predicted octanol–water partition coefficient (Wildman–Crippen LogP) is 5.16. The van der Waals surface area contributed by atoms with E-state index in [1.807, 2.05) is 53.4 Å². The molecular formula is C23H21ClN4O2. The number of hydrogen-bond acceptors (Lipinski definition) is 4. The Morgan fingerprint density at radius 3 is 2.87 bits per heavy atom. The number of H-pyrrole nitrogens is 1. The van der Waals surface area contributed by atoms with Gasteiger partial charge in [-0.25, -0.2) is 4.98 Å². The summed E-state index contributed by atoms with van der Waals surface area (Å²) >= 11 is 5.96. The highest BCUT2D eigenvalue weighted by Crippen LogP contribution is 2.33. The monoisotopic (exact) mass is 420 g/mol. The van der Waals surface area contributed by atoms with Gasteiger partial charge >= 0.3 is 0 Å². The summed E-state index contributed by atoms with van der Waals surface area (Å²) < 4.78 is 6.08. The quantitative estimate of drug-likeness (QED) is 0.494. The summed E-state index contributed by atoms with van der Waals surface area (Å²) in [5.41, 5.74) is 2.41. The van der Waals surface area contributed by atoms with E-state index >= 15 is 0 Å². The molecule has 1 saturated heterocycles. The van der Waals surface area contributed by atoms with Gasteiger partial charge in [-0.15, -0.1) is 0 Å². The fourth-order valence-corrected chi connectivity index (χ4v) is 4.18. The number of para-hydroxylation sites is 1. The van der Waals surface area contributed by atoms with E-state index in [1.54, 1.807) is 6.20 Å². The van der Waals surface area contributed by atoms with Crippen LogP contribution in [0.3, 0.4) is 0 Å². The molecule has 5 rings (SSSR count). The third kappa shape index (κ3) is 3.59. The Kier molecular flexibility index (Phi) is 5.01. The van der Waals surface area contributed by atoms with Gasteiger partial charge in [0.15, 0.2) is 5.69 Å². The summed E-state index contributed by atoms with van der Waals surface area (Å²) in [5.74, 6) is 1.27. The number of nitrogens with zero attached hydrogens (tertiary/aromatic N) is 3. The molecule has 1 aliphatic heterocycles. The van der Waals surface area contributed by atoms with Crippen LogP contribution in [0.15, 0.2) is 59.1 Å². The van der Waals surface area contributed by atoms with Crippen LogP contribution in [0, 0.1) is 0 Å². The van der Waals surface area contributed by atoms with Gasteiger partial charge in [0.05, 0.1) is 11.7 Å². The van der Waals surface area contributed by atoms with Crippen LogP contribution in [0.1, 0.15) is 53.0 Å². The summed E-state index contributed by atoms with van der Waals surface area (Å²) in [6, 6.07) is 15.2. The van der Waals surface area contributed by atoms with Gasteiger partial charge in [0.1, 0.15) is 11.8 Å². The first-order valence-corrected chi connectivity index (χ1v) is 10.5. The van der Waals surface area contributed by atoms with E-state index in [0.29, 0.717) is 29.6 Å². The Labute approximate surface area is 178 Å². The number of benzene rings is 2. The minimum absolute atomic E-state index is 0.0883. The molecule has 4 aromatic rings. The van der Waals surface area contributed by atoms with Gasteiger partial charge in [-0.1, -0.05) is 41.9 Å². The van der Waals surface area contributed by atoms with Crippen LogP contribution in [0.5, 0.6) is 0 Å². The predicted molar refractivity (Wildman–Crippen MR) is 114 cm³/mol. The van der Waals surface area contributed by atoms with Crippen LogP contribution in [-0.4, -0.2) is 32.5 Å². The number of piperidine rings is 1. The van der Waals surface area contributed by atoms with E-state index in [-0.39, 0.29) is 11.9 Å². The molecule has 2 aromatic heterocycles. The second-order valence-electron chi connectivity index (χ2n) is 7.60. The number of carbonyl (C=O) groups excluding carboxylic acids is 1. The molecule has 0 saturated carbocycles. The Morgan fingerprint density at radius 1 is 1.17 bits per heavy atom. The van der Waals surface area contributed by atoms with Gasteiger partial charge < -0.3 is 9.32 Å². The van der Waals surface area contributed by atoms with Crippen molar-refractivity contribution in [3.8, 4) is 0 Å². The van der Waals surface area contributed by atoms with Crippen molar-refractivity contribution in [3.63, 3.8) is 0 Å². The zero-order chi connectivity index (χ0) is 20.5. The Balaban J connectivity index is 1.39. The number of hydrogen-bond donors (Lipinski definition) is 1. The molecule has 0 spiro atoms. The van der Waals surface area contributed by atoms with Crippen molar-refractivity contribution in [2.24, 2.45) is 0 Å². The Hall–Kier alpha value is -3.12. The molecule has 152 valence electrons. The summed E-state index contributed by atoms with van der Waals surface area (Å²) in [7, 11) is 0. The number of halogens is 1. The van der Waals surface area contributed by atoms with Crippen molar-refractivity contribution >= 4 is 28.4 Å². The van der Waals surface area contributed by atoms with Crippen molar-refractivity contribution in [2.45, 2.75) is 31.7 Å². The number of amides is 1. The standard InChI is InChI=1S/C23H21ClN4O2/c24-16-10-8-15(9-11-16)13-17-14-25-22(30-17)20-7-3-4-12-28(20)23(29)21-18-5-1-2-6-19(18)26-27-21/h1-2,5-6,8-11,14,20H,3-4,7,12-13H2,(H,26,27). The second kappa shape index (κ2) is 7.95. The average molecular weight is 421 g/mol. The molecule has 0 bridgehead atoms. The SMILES string of the molecule is O=C(c1n[nH]c2ccccc12)N1CCCCC1c1ncc(Cc2ccc(Cl)cc2)o1. The van der Waals surface area contributed by atoms with Gasteiger partial charge in [0.25, 0.3) is 5.91 Å². The van der Waals surface area contributed by atoms with Crippen LogP contribution >= 0.6 is 11.6 Å². The molecule has 7 heteroatoms. The smallest absolute Gasteiger partial charge is 0.275 e. The molecule has 1 atom stereocenters. The largest absolute Gasteiger partial charge is 0.443 e. The van der Waals surface area contributed by atoms with Gasteiger partial charge in [-0.3, -0.25) is 9.89 Å². The first kappa shape index (κ1) is 18.9. The fourth-order valence-electron chi connectivity index (χ4n) is 4.06. The third-order valence-electron chi connectivity index (χ3n) is 5.58. The van der Waals surface area contributed by atoms with E-state index in [4.69, 9.17) is 16.0 Å². The second-order valence-corrected chi connectivity index (χ2v) is 8.03. The molecule has 1 N–H and O–H groups in total. The van der Waals surface area contributed by atoms with E-state index in [2.05, 4.69) is 15.2 Å². The fraction of sp³-hybridized carbons (Fsp3) is 0.261. The third-order valence-corrected chi connectivity index (χ3v) is 5.84. The highest BCUT2D eigenvalue weighted by molar-refractivity contribution is 6.30. The van der Waals surface area contributed by atoms with Gasteiger partial charge in [0.2, 0.25) is 5.89 Å². The number of likely N-dealkylation sites (tertiary alicyclic amines) is 1. The summed E-state index contributed by atoms with van der Waals surface area (Å²) in [5, 5.41) is 8.78. The zero-order valence-corrected chi connectivity index (χ0v) is 17.1. The van der Waals surface area contributed by atoms with E-state index in [9.17, 15) is 4.79 Å². The van der Waals surface area contributed by atoms with Crippen LogP contribution < -0.4 is 0 Å². The molecule has 0 radical (unpaired) electrons. The molecular weight excluding hydrogens is 400 g/mol. The highest BCUT2D eigenvalue weighted by atomic mass is 35.5. The number of rotatable bonds is 4. The van der Waals surface area contributed by atoms with Crippen molar-refractivity contribution in [1.29, 1.82) is 0 Å². The molecule has 1 fully saturated rings. The summed E-state index contributed by atoms with van der Waals surface area (Å²) in [4.78, 5) is 19.7. The molecule has 1 unspecified atom stereocenters. The van der Waals surface area contributed by atoms with Crippen molar-refractivity contribution in [3.05, 3.63) is 82.7 Å². The van der Waals surface area contributed by atoms with E-state index in [1.165, 1.54) is 0 Å². The molecule has 3 heterocycles. The first-order chi connectivity index (χ1) is 14.7. The van der Waals surface area contributed by atoms with Crippen molar-refractivity contribution < 1.29 is 9.21 Å². The number of aromatic amines is 1. The molecule has 6 nitrogen and oxygen atoms in total. The lowest BCUT2D eigenvalue weighted by atomic mass is 10.0. The Morgan fingerprint density at radius 2 is 2.00 bits per heavy atom. The lowest BCUT2D eigenvalue weighted by Gasteiger charge is -2.33. The average Bonchev–Trinajstić information content (AvgIpc) is 3.42. The maximum Gasteiger partial charge on any atom is 0.275 e. The normalized spacial score (nSPS) is 16.8. The minimum Gasteiger partial charge on any atom is -0.443 e. The lowest BCUT2D eigenvalue weighted by molar-refractivity contribution is 0.0566. The number of nitrogens with one attached hydrogen (secondary N) is 1. The molecule has 1 amide bonds. The molecule has 0 aliphatic carbocycles. The number of carbonyl (C=O) groups is 1. The Bertz CT molecular complexity index is 1180. The number of fused-ring (bicyclic) bond motifs is 1.